The molecule has 15 heavy (non-hydrogen) atoms. The van der Waals surface area contributed by atoms with Gasteiger partial charge in [0.15, 0.2) is 0 Å². The first-order chi connectivity index (χ1) is 7.15. The molecule has 82 valence electrons. The van der Waals surface area contributed by atoms with Crippen molar-refractivity contribution in [2.24, 2.45) is 5.73 Å². The zero-order valence-corrected chi connectivity index (χ0v) is 9.31. The van der Waals surface area contributed by atoms with Crippen LogP contribution in [-0.4, -0.2) is 18.5 Å². The average Bonchev–Trinajstić information content (AvgIpc) is 2.19. The van der Waals surface area contributed by atoms with Crippen molar-refractivity contribution >= 4 is 11.6 Å². The number of benzene rings is 1. The summed E-state index contributed by atoms with van der Waals surface area (Å²) in [4.78, 5) is 13.0. The quantitative estimate of drug-likeness (QED) is 0.798. The van der Waals surface area contributed by atoms with Crippen molar-refractivity contribution in [2.45, 2.75) is 26.3 Å². The molecule has 1 aromatic carbocycles. The van der Waals surface area contributed by atoms with Crippen molar-refractivity contribution in [3.05, 3.63) is 30.3 Å². The maximum absolute atomic E-state index is 10.9. The normalized spacial score (nSPS) is 12.1. The lowest BCUT2D eigenvalue weighted by Crippen LogP contribution is -2.36. The molecule has 0 aliphatic heterocycles. The summed E-state index contributed by atoms with van der Waals surface area (Å²) in [7, 11) is 0. The molecular weight excluding hydrogens is 188 g/mol. The second-order valence-electron chi connectivity index (χ2n) is 3.64. The number of primary amides is 1. The highest BCUT2D eigenvalue weighted by atomic mass is 16.1. The molecule has 0 radical (unpaired) electrons. The van der Waals surface area contributed by atoms with Gasteiger partial charge in [-0.15, -0.1) is 0 Å². The van der Waals surface area contributed by atoms with Gasteiger partial charge in [-0.1, -0.05) is 18.2 Å². The summed E-state index contributed by atoms with van der Waals surface area (Å²) in [5, 5.41) is 0. The minimum atomic E-state index is -0.253. The fraction of sp³-hybridized carbons (Fsp3) is 0.417. The van der Waals surface area contributed by atoms with Crippen molar-refractivity contribution in [1.82, 2.24) is 0 Å². The maximum Gasteiger partial charge on any atom is 0.219 e. The average molecular weight is 206 g/mol. The predicted molar refractivity (Wildman–Crippen MR) is 62.7 cm³/mol. The van der Waals surface area contributed by atoms with Crippen LogP contribution < -0.4 is 10.6 Å². The Balaban J connectivity index is 2.75. The SMILES string of the molecule is CCN(c1ccccc1)C(C)CC(N)=O. The number of hydrogen-bond acceptors (Lipinski definition) is 2. The fourth-order valence-corrected chi connectivity index (χ4v) is 1.77. The van der Waals surface area contributed by atoms with E-state index in [2.05, 4.69) is 11.8 Å². The fourth-order valence-electron chi connectivity index (χ4n) is 1.77. The first-order valence-corrected chi connectivity index (χ1v) is 5.25. The van der Waals surface area contributed by atoms with Gasteiger partial charge in [-0.05, 0) is 26.0 Å². The van der Waals surface area contributed by atoms with Crippen LogP contribution in [0.3, 0.4) is 0 Å². The minimum absolute atomic E-state index is 0.148. The topological polar surface area (TPSA) is 46.3 Å². The molecule has 3 nitrogen and oxygen atoms in total. The van der Waals surface area contributed by atoms with Gasteiger partial charge in [0.25, 0.3) is 0 Å². The van der Waals surface area contributed by atoms with Crippen LogP contribution in [0.1, 0.15) is 20.3 Å². The standard InChI is InChI=1S/C12H18N2O/c1-3-14(10(2)9-12(13)15)11-7-5-4-6-8-11/h4-8,10H,3,9H2,1-2H3,(H2,13,15). The van der Waals surface area contributed by atoms with Crippen molar-refractivity contribution in [3.8, 4) is 0 Å². The highest BCUT2D eigenvalue weighted by molar-refractivity contribution is 5.75. The molecule has 0 aliphatic carbocycles. The van der Waals surface area contributed by atoms with Crippen LogP contribution in [0, 0.1) is 0 Å². The Morgan fingerprint density at radius 1 is 1.40 bits per heavy atom. The van der Waals surface area contributed by atoms with Gasteiger partial charge in [0.2, 0.25) is 5.91 Å². The Bertz CT molecular complexity index is 311. The third-order valence-electron chi connectivity index (χ3n) is 2.46. The van der Waals surface area contributed by atoms with Crippen LogP contribution in [0.4, 0.5) is 5.69 Å². The highest BCUT2D eigenvalue weighted by Crippen LogP contribution is 2.17. The van der Waals surface area contributed by atoms with Crippen LogP contribution in [0.5, 0.6) is 0 Å². The lowest BCUT2D eigenvalue weighted by Gasteiger charge is -2.29. The number of para-hydroxylation sites is 1. The lowest BCUT2D eigenvalue weighted by atomic mass is 10.1. The molecule has 0 saturated heterocycles. The van der Waals surface area contributed by atoms with Crippen molar-refractivity contribution in [2.75, 3.05) is 11.4 Å². The summed E-state index contributed by atoms with van der Waals surface area (Å²) >= 11 is 0. The van der Waals surface area contributed by atoms with E-state index in [9.17, 15) is 4.79 Å². The van der Waals surface area contributed by atoms with Crippen LogP contribution >= 0.6 is 0 Å². The van der Waals surface area contributed by atoms with Gasteiger partial charge in [-0.2, -0.15) is 0 Å². The largest absolute Gasteiger partial charge is 0.370 e. The van der Waals surface area contributed by atoms with Gasteiger partial charge in [0.05, 0.1) is 0 Å². The summed E-state index contributed by atoms with van der Waals surface area (Å²) in [6.45, 7) is 4.96. The van der Waals surface area contributed by atoms with Crippen LogP contribution in [0.25, 0.3) is 0 Å². The number of carbonyl (C=O) groups is 1. The van der Waals surface area contributed by atoms with E-state index in [-0.39, 0.29) is 11.9 Å². The number of nitrogens with two attached hydrogens (primary N) is 1. The molecule has 1 amide bonds. The summed E-state index contributed by atoms with van der Waals surface area (Å²) in [5.74, 6) is -0.253. The molecule has 0 heterocycles. The Kier molecular flexibility index (Phi) is 4.16. The van der Waals surface area contributed by atoms with E-state index in [0.717, 1.165) is 12.2 Å². The van der Waals surface area contributed by atoms with Crippen molar-refractivity contribution < 1.29 is 4.79 Å². The van der Waals surface area contributed by atoms with Crippen LogP contribution in [0.2, 0.25) is 0 Å². The minimum Gasteiger partial charge on any atom is -0.370 e. The number of hydrogen-bond donors (Lipinski definition) is 1. The third-order valence-corrected chi connectivity index (χ3v) is 2.46. The Morgan fingerprint density at radius 3 is 2.47 bits per heavy atom. The maximum atomic E-state index is 10.9. The summed E-state index contributed by atoms with van der Waals surface area (Å²) in [5.41, 5.74) is 6.33. The van der Waals surface area contributed by atoms with Gasteiger partial charge in [-0.25, -0.2) is 0 Å². The van der Waals surface area contributed by atoms with Crippen LogP contribution in [-0.2, 0) is 4.79 Å². The molecule has 0 fully saturated rings. The molecule has 1 rings (SSSR count). The molecular formula is C12H18N2O. The summed E-state index contributed by atoms with van der Waals surface area (Å²) in [6, 6.07) is 10.2. The second-order valence-corrected chi connectivity index (χ2v) is 3.64. The molecule has 1 unspecified atom stereocenters. The third kappa shape index (κ3) is 3.27. The number of rotatable bonds is 5. The van der Waals surface area contributed by atoms with Crippen LogP contribution in [0.15, 0.2) is 30.3 Å². The van der Waals surface area contributed by atoms with Gasteiger partial charge >= 0.3 is 0 Å². The molecule has 0 saturated carbocycles. The van der Waals surface area contributed by atoms with E-state index >= 15 is 0 Å². The first kappa shape index (κ1) is 11.6. The molecule has 0 spiro atoms. The monoisotopic (exact) mass is 206 g/mol. The first-order valence-electron chi connectivity index (χ1n) is 5.25. The Hall–Kier alpha value is -1.51. The molecule has 3 heteroatoms. The van der Waals surface area contributed by atoms with Gasteiger partial charge in [0.1, 0.15) is 0 Å². The highest BCUT2D eigenvalue weighted by Gasteiger charge is 2.14. The zero-order chi connectivity index (χ0) is 11.3. The van der Waals surface area contributed by atoms with Gasteiger partial charge in [-0.3, -0.25) is 4.79 Å². The number of nitrogens with zero attached hydrogens (tertiary/aromatic N) is 1. The molecule has 0 aliphatic rings. The Morgan fingerprint density at radius 2 is 2.00 bits per heavy atom. The molecule has 1 aromatic rings. The van der Waals surface area contributed by atoms with Crippen molar-refractivity contribution in [1.29, 1.82) is 0 Å². The van der Waals surface area contributed by atoms with E-state index < -0.39 is 0 Å². The summed E-state index contributed by atoms with van der Waals surface area (Å²) in [6.07, 6.45) is 0.392. The van der Waals surface area contributed by atoms with E-state index in [1.54, 1.807) is 0 Å². The predicted octanol–water partition coefficient (Wildman–Crippen LogP) is 1.78. The second kappa shape index (κ2) is 5.39. The van der Waals surface area contributed by atoms with E-state index in [1.165, 1.54) is 0 Å². The number of anilines is 1. The molecule has 1 atom stereocenters. The molecule has 2 N–H and O–H groups in total. The number of amides is 1. The molecule has 0 bridgehead atoms. The van der Waals surface area contributed by atoms with Gasteiger partial charge in [0, 0.05) is 24.7 Å². The zero-order valence-electron chi connectivity index (χ0n) is 9.31. The summed E-state index contributed by atoms with van der Waals surface area (Å²) < 4.78 is 0. The smallest absolute Gasteiger partial charge is 0.219 e. The van der Waals surface area contributed by atoms with Crippen molar-refractivity contribution in [3.63, 3.8) is 0 Å². The Labute approximate surface area is 90.9 Å². The number of carbonyl (C=O) groups excluding carboxylic acids is 1. The molecule has 0 aromatic heterocycles. The van der Waals surface area contributed by atoms with E-state index in [1.807, 2.05) is 37.3 Å². The van der Waals surface area contributed by atoms with E-state index in [0.29, 0.717) is 6.42 Å². The van der Waals surface area contributed by atoms with Gasteiger partial charge < -0.3 is 10.6 Å². The van der Waals surface area contributed by atoms with E-state index in [4.69, 9.17) is 5.73 Å². The lowest BCUT2D eigenvalue weighted by molar-refractivity contribution is -0.118.